The van der Waals surface area contributed by atoms with Gasteiger partial charge in [0.15, 0.2) is 11.4 Å². The van der Waals surface area contributed by atoms with E-state index in [1.165, 1.54) is 0 Å². The maximum atomic E-state index is 12.4. The molecule has 3 N–H and O–H groups in total. The molecule has 1 aromatic heterocycles. The van der Waals surface area contributed by atoms with Gasteiger partial charge in [0.25, 0.3) is 0 Å². The molecule has 8 heteroatoms. The molecule has 0 spiro atoms. The van der Waals surface area contributed by atoms with Gasteiger partial charge in [0.1, 0.15) is 12.7 Å². The van der Waals surface area contributed by atoms with E-state index in [1.54, 1.807) is 6.92 Å². The number of aliphatic hydroxyl groups excluding tert-OH is 1. The third-order valence-corrected chi connectivity index (χ3v) is 6.61. The number of benzene rings is 1. The Kier molecular flexibility index (Phi) is 8.82. The van der Waals surface area contributed by atoms with Crippen molar-refractivity contribution in [3.8, 4) is 5.75 Å². The summed E-state index contributed by atoms with van der Waals surface area (Å²) in [6.07, 6.45) is 4.46. The number of β-amino-alcohol motifs (C(OH)–C–C–N with tert-alkyl or cyclic N) is 1. The molecule has 33 heavy (non-hydrogen) atoms. The van der Waals surface area contributed by atoms with Crippen LogP contribution in [0.4, 0.5) is 0 Å². The van der Waals surface area contributed by atoms with E-state index >= 15 is 0 Å². The van der Waals surface area contributed by atoms with E-state index in [-0.39, 0.29) is 19.0 Å². The third kappa shape index (κ3) is 5.90. The lowest BCUT2D eigenvalue weighted by molar-refractivity contribution is -0.0372. The van der Waals surface area contributed by atoms with E-state index in [9.17, 15) is 15.0 Å². The van der Waals surface area contributed by atoms with E-state index < -0.39 is 17.7 Å². The average Bonchev–Trinajstić information content (AvgIpc) is 3.19. The molecule has 1 saturated heterocycles. The van der Waals surface area contributed by atoms with Crippen LogP contribution in [0.3, 0.4) is 0 Å². The highest BCUT2D eigenvalue weighted by Crippen LogP contribution is 2.34. The number of likely N-dealkylation sites (tertiary alicyclic amines) is 1. The number of rotatable bonds is 8. The first-order valence-corrected chi connectivity index (χ1v) is 11.7. The Morgan fingerprint density at radius 2 is 1.88 bits per heavy atom. The van der Waals surface area contributed by atoms with Crippen molar-refractivity contribution >= 4 is 18.4 Å². The average molecular weight is 479 g/mol. The summed E-state index contributed by atoms with van der Waals surface area (Å²) >= 11 is 0. The second kappa shape index (κ2) is 11.4. The van der Waals surface area contributed by atoms with Crippen LogP contribution < -0.4 is 4.74 Å². The molecule has 0 amide bonds. The van der Waals surface area contributed by atoms with Crippen LogP contribution in [0.1, 0.15) is 59.9 Å². The lowest BCUT2D eigenvalue weighted by atomic mass is 9.84. The summed E-state index contributed by atoms with van der Waals surface area (Å²) in [7, 11) is 0. The predicted octanol–water partition coefficient (Wildman–Crippen LogP) is 3.22. The van der Waals surface area contributed by atoms with Gasteiger partial charge < -0.3 is 29.6 Å². The molecule has 0 radical (unpaired) electrons. The second-order valence-electron chi connectivity index (χ2n) is 8.88. The molecule has 2 aliphatic rings. The minimum atomic E-state index is -0.808. The van der Waals surface area contributed by atoms with Crippen LogP contribution in [-0.2, 0) is 23.2 Å². The van der Waals surface area contributed by atoms with Gasteiger partial charge in [-0.1, -0.05) is 30.3 Å². The summed E-state index contributed by atoms with van der Waals surface area (Å²) in [5.41, 5.74) is 2.58. The molecule has 7 nitrogen and oxygen atoms in total. The van der Waals surface area contributed by atoms with Crippen LogP contribution in [0.15, 0.2) is 30.3 Å². The number of halogens is 1. The number of aromatic nitrogens is 1. The van der Waals surface area contributed by atoms with Crippen LogP contribution in [0, 0.1) is 0 Å². The fourth-order valence-corrected chi connectivity index (χ4v) is 4.83. The minimum absolute atomic E-state index is 0. The number of carbonyl (C=O) groups excluding carboxylic acids is 1. The van der Waals surface area contributed by atoms with Gasteiger partial charge in [-0.05, 0) is 51.0 Å². The van der Waals surface area contributed by atoms with Crippen molar-refractivity contribution < 1.29 is 24.5 Å². The lowest BCUT2D eigenvalue weighted by Gasteiger charge is -2.39. The quantitative estimate of drug-likeness (QED) is 0.504. The fourth-order valence-electron chi connectivity index (χ4n) is 4.83. The van der Waals surface area contributed by atoms with Gasteiger partial charge in [0.2, 0.25) is 0 Å². The molecule has 1 fully saturated rings. The molecule has 1 aliphatic carbocycles. The number of nitrogens with one attached hydrogen (secondary N) is 1. The predicted molar refractivity (Wildman–Crippen MR) is 128 cm³/mol. The molecule has 1 unspecified atom stereocenters. The van der Waals surface area contributed by atoms with Gasteiger partial charge >= 0.3 is 5.97 Å². The zero-order chi connectivity index (χ0) is 22.6. The number of hydrogen-bond acceptors (Lipinski definition) is 6. The van der Waals surface area contributed by atoms with Crippen molar-refractivity contribution in [1.82, 2.24) is 9.88 Å². The van der Waals surface area contributed by atoms with E-state index in [4.69, 9.17) is 9.47 Å². The molecule has 1 aromatic carbocycles. The number of piperidine rings is 1. The van der Waals surface area contributed by atoms with E-state index in [2.05, 4.69) is 9.88 Å². The number of carbonyl (C=O) groups is 1. The molecular formula is C25H35ClN2O5. The van der Waals surface area contributed by atoms with Gasteiger partial charge in [-0.15, -0.1) is 12.4 Å². The van der Waals surface area contributed by atoms with Crippen LogP contribution in [0.25, 0.3) is 0 Å². The summed E-state index contributed by atoms with van der Waals surface area (Å²) in [6, 6.07) is 9.79. The first-order valence-electron chi connectivity index (χ1n) is 11.7. The Morgan fingerprint density at radius 3 is 2.58 bits per heavy atom. The first kappa shape index (κ1) is 25.6. The molecule has 0 bridgehead atoms. The third-order valence-electron chi connectivity index (χ3n) is 6.61. The van der Waals surface area contributed by atoms with Crippen molar-refractivity contribution in [2.75, 3.05) is 32.8 Å². The van der Waals surface area contributed by atoms with Gasteiger partial charge in [0, 0.05) is 30.9 Å². The Bertz CT molecular complexity index is 909. The molecule has 182 valence electrons. The van der Waals surface area contributed by atoms with Crippen LogP contribution >= 0.6 is 12.4 Å². The molecule has 2 heterocycles. The number of aliphatic hydroxyl groups is 2. The largest absolute Gasteiger partial charge is 0.488 e. The van der Waals surface area contributed by atoms with E-state index in [1.807, 2.05) is 30.3 Å². The number of aryl methyl sites for hydroxylation is 1. The molecule has 4 rings (SSSR count). The number of nitrogens with zero attached hydrogens (tertiary/aromatic N) is 1. The van der Waals surface area contributed by atoms with Gasteiger partial charge in [-0.2, -0.15) is 0 Å². The maximum Gasteiger partial charge on any atom is 0.358 e. The molecule has 0 saturated carbocycles. The number of aromatic amines is 1. The van der Waals surface area contributed by atoms with E-state index in [0.29, 0.717) is 50.5 Å². The van der Waals surface area contributed by atoms with E-state index in [0.717, 1.165) is 42.5 Å². The number of H-pyrrole nitrogens is 1. The normalized spacial score (nSPS) is 18.6. The van der Waals surface area contributed by atoms with Crippen molar-refractivity contribution in [1.29, 1.82) is 0 Å². The van der Waals surface area contributed by atoms with Crippen LogP contribution in [0.5, 0.6) is 5.75 Å². The zero-order valence-corrected chi connectivity index (χ0v) is 20.0. The summed E-state index contributed by atoms with van der Waals surface area (Å²) in [4.78, 5) is 17.7. The highest BCUT2D eigenvalue weighted by molar-refractivity contribution is 5.91. The zero-order valence-electron chi connectivity index (χ0n) is 19.2. The van der Waals surface area contributed by atoms with Crippen LogP contribution in [0.2, 0.25) is 0 Å². The Balaban J connectivity index is 0.00000306. The number of esters is 1. The first-order chi connectivity index (χ1) is 15.5. The van der Waals surface area contributed by atoms with Gasteiger partial charge in [0.05, 0.1) is 12.2 Å². The van der Waals surface area contributed by atoms with Gasteiger partial charge in [-0.3, -0.25) is 0 Å². The summed E-state index contributed by atoms with van der Waals surface area (Å²) in [5.74, 6) is 0.122. The monoisotopic (exact) mass is 478 g/mol. The molecule has 1 aliphatic heterocycles. The standard InChI is InChI=1S/C25H34N2O5.ClH/c1-2-31-24(29)22-23(20-10-6-7-11-21(20)26-22)32-17-19(28)16-27-14-12-25(30,13-15-27)18-8-4-3-5-9-18;/h3-5,8-9,19,26,28,30H,2,6-7,10-17H2,1H3;1H. The Morgan fingerprint density at radius 1 is 1.18 bits per heavy atom. The highest BCUT2D eigenvalue weighted by atomic mass is 35.5. The summed E-state index contributed by atoms with van der Waals surface area (Å²) < 4.78 is 11.2. The Hall–Kier alpha value is -2.06. The van der Waals surface area contributed by atoms with Crippen molar-refractivity contribution in [2.45, 2.75) is 57.2 Å². The number of hydrogen-bond donors (Lipinski definition) is 3. The molecular weight excluding hydrogens is 444 g/mol. The minimum Gasteiger partial charge on any atom is -0.488 e. The van der Waals surface area contributed by atoms with Crippen molar-refractivity contribution in [3.05, 3.63) is 52.8 Å². The molecule has 2 aromatic rings. The highest BCUT2D eigenvalue weighted by Gasteiger charge is 2.34. The van der Waals surface area contributed by atoms with Crippen LogP contribution in [-0.4, -0.2) is 65.0 Å². The maximum absolute atomic E-state index is 12.4. The number of ether oxygens (including phenoxy) is 2. The smallest absolute Gasteiger partial charge is 0.358 e. The Labute approximate surface area is 201 Å². The SMILES string of the molecule is CCOC(=O)c1[nH]c2c(c1OCC(O)CN1CCC(O)(c3ccccc3)CC1)CCCC2.Cl. The van der Waals surface area contributed by atoms with Crippen molar-refractivity contribution in [2.24, 2.45) is 0 Å². The van der Waals surface area contributed by atoms with Crippen molar-refractivity contribution in [3.63, 3.8) is 0 Å². The number of fused-ring (bicyclic) bond motifs is 1. The summed E-state index contributed by atoms with van der Waals surface area (Å²) in [5, 5.41) is 21.6. The summed E-state index contributed by atoms with van der Waals surface area (Å²) in [6.45, 7) is 4.06. The fraction of sp³-hybridized carbons (Fsp3) is 0.560. The van der Waals surface area contributed by atoms with Gasteiger partial charge in [-0.25, -0.2) is 4.79 Å². The topological polar surface area (TPSA) is 95.0 Å². The lowest BCUT2D eigenvalue weighted by Crippen LogP contribution is -2.46. The molecule has 1 atom stereocenters. The second-order valence-corrected chi connectivity index (χ2v) is 8.88.